The van der Waals surface area contributed by atoms with Gasteiger partial charge in [0.25, 0.3) is 0 Å². The van der Waals surface area contributed by atoms with Crippen LogP contribution in [0.2, 0.25) is 0 Å². The standard InChI is InChI=1S/C22H22N4O6S4/c1-35(29,30)13-7-9-15-17(11-13)33-21(23-15)25-19(27)5-3-4-6-20(28)26-22-24-16-10-8-14(36(2,31)32)12-18(16)34-22/h7-12H,3-6H2,1-2H3,(H,23,25,27)(H,24,26,28). The molecule has 0 aliphatic rings. The van der Waals surface area contributed by atoms with Crippen LogP contribution in [0.4, 0.5) is 10.3 Å². The summed E-state index contributed by atoms with van der Waals surface area (Å²) in [6.45, 7) is 0. The molecular weight excluding hydrogens is 545 g/mol. The van der Waals surface area contributed by atoms with E-state index in [0.717, 1.165) is 12.5 Å². The Balaban J connectivity index is 1.24. The number of sulfone groups is 2. The summed E-state index contributed by atoms with van der Waals surface area (Å²) in [7, 11) is -6.66. The summed E-state index contributed by atoms with van der Waals surface area (Å²) in [5.41, 5.74) is 1.20. The largest absolute Gasteiger partial charge is 0.302 e. The van der Waals surface area contributed by atoms with E-state index in [1.165, 1.54) is 46.9 Å². The molecule has 2 aromatic carbocycles. The number of hydrogen-bond acceptors (Lipinski definition) is 10. The van der Waals surface area contributed by atoms with Gasteiger partial charge in [-0.2, -0.15) is 0 Å². The molecule has 0 saturated heterocycles. The van der Waals surface area contributed by atoms with E-state index in [1.807, 2.05) is 0 Å². The Morgan fingerprint density at radius 3 is 1.47 bits per heavy atom. The zero-order valence-electron chi connectivity index (χ0n) is 19.3. The molecule has 2 heterocycles. The van der Waals surface area contributed by atoms with Gasteiger partial charge in [0.2, 0.25) is 11.8 Å². The molecule has 190 valence electrons. The number of carbonyl (C=O) groups excluding carboxylic acids is 2. The normalized spacial score (nSPS) is 12.2. The van der Waals surface area contributed by atoms with Gasteiger partial charge in [-0.25, -0.2) is 26.8 Å². The van der Waals surface area contributed by atoms with Crippen LogP contribution < -0.4 is 10.6 Å². The Bertz CT molecular complexity index is 1560. The number of amides is 2. The van der Waals surface area contributed by atoms with Crippen LogP contribution in [0.15, 0.2) is 46.2 Å². The molecule has 2 amide bonds. The smallest absolute Gasteiger partial charge is 0.226 e. The minimum Gasteiger partial charge on any atom is -0.302 e. The third-order valence-electron chi connectivity index (χ3n) is 5.13. The molecule has 0 saturated carbocycles. The number of carbonyl (C=O) groups is 2. The van der Waals surface area contributed by atoms with Crippen molar-refractivity contribution in [2.24, 2.45) is 0 Å². The zero-order valence-corrected chi connectivity index (χ0v) is 22.5. The lowest BCUT2D eigenvalue weighted by molar-refractivity contribution is -0.118. The van der Waals surface area contributed by atoms with E-state index in [-0.39, 0.29) is 34.4 Å². The fourth-order valence-corrected chi connectivity index (χ4v) is 6.60. The van der Waals surface area contributed by atoms with Gasteiger partial charge in [0.1, 0.15) is 0 Å². The van der Waals surface area contributed by atoms with E-state index in [4.69, 9.17) is 0 Å². The van der Waals surface area contributed by atoms with Gasteiger partial charge in [-0.1, -0.05) is 22.7 Å². The number of thiazole rings is 2. The quantitative estimate of drug-likeness (QED) is 0.290. The number of rotatable bonds is 9. The fraction of sp³-hybridized carbons (Fsp3) is 0.273. The molecule has 0 atom stereocenters. The minimum absolute atomic E-state index is 0.194. The molecule has 0 radical (unpaired) electrons. The van der Waals surface area contributed by atoms with E-state index in [9.17, 15) is 26.4 Å². The van der Waals surface area contributed by atoms with Crippen LogP contribution in [0.3, 0.4) is 0 Å². The Morgan fingerprint density at radius 2 is 1.11 bits per heavy atom. The van der Waals surface area contributed by atoms with Gasteiger partial charge in [0.15, 0.2) is 29.9 Å². The molecule has 0 aliphatic heterocycles. The van der Waals surface area contributed by atoms with Crippen LogP contribution in [0, 0.1) is 0 Å². The number of fused-ring (bicyclic) bond motifs is 2. The summed E-state index contributed by atoms with van der Waals surface area (Å²) >= 11 is 2.39. The van der Waals surface area contributed by atoms with E-state index < -0.39 is 19.7 Å². The number of unbranched alkanes of at least 4 members (excludes halogenated alkanes) is 1. The molecule has 14 heteroatoms. The number of aromatic nitrogens is 2. The van der Waals surface area contributed by atoms with Crippen molar-refractivity contribution in [3.05, 3.63) is 36.4 Å². The van der Waals surface area contributed by atoms with Crippen molar-refractivity contribution in [3.8, 4) is 0 Å². The third-order valence-corrected chi connectivity index (χ3v) is 9.21. The van der Waals surface area contributed by atoms with Crippen LogP contribution in [-0.2, 0) is 29.3 Å². The minimum atomic E-state index is -3.33. The first-order chi connectivity index (χ1) is 16.9. The Labute approximate surface area is 215 Å². The monoisotopic (exact) mass is 566 g/mol. The summed E-state index contributed by atoms with van der Waals surface area (Å²) in [4.78, 5) is 33.5. The van der Waals surface area contributed by atoms with Gasteiger partial charge in [-0.15, -0.1) is 0 Å². The van der Waals surface area contributed by atoms with Gasteiger partial charge in [-0.05, 0) is 49.2 Å². The molecule has 0 spiro atoms. The van der Waals surface area contributed by atoms with Gasteiger partial charge in [0.05, 0.1) is 30.2 Å². The van der Waals surface area contributed by atoms with Gasteiger partial charge in [-0.3, -0.25) is 9.59 Å². The Kier molecular flexibility index (Phi) is 7.41. The van der Waals surface area contributed by atoms with Crippen LogP contribution in [0.1, 0.15) is 25.7 Å². The second kappa shape index (κ2) is 10.2. The van der Waals surface area contributed by atoms with Gasteiger partial charge >= 0.3 is 0 Å². The lowest BCUT2D eigenvalue weighted by atomic mass is 10.2. The number of anilines is 2. The average molecular weight is 567 g/mol. The van der Waals surface area contributed by atoms with E-state index in [0.29, 0.717) is 43.5 Å². The van der Waals surface area contributed by atoms with Crippen molar-refractivity contribution in [2.45, 2.75) is 35.5 Å². The molecule has 0 aliphatic carbocycles. The zero-order chi connectivity index (χ0) is 26.1. The Hall–Kier alpha value is -2.94. The fourth-order valence-electron chi connectivity index (χ4n) is 3.31. The van der Waals surface area contributed by atoms with E-state index >= 15 is 0 Å². The van der Waals surface area contributed by atoms with Crippen LogP contribution in [0.5, 0.6) is 0 Å². The highest BCUT2D eigenvalue weighted by Crippen LogP contribution is 2.29. The van der Waals surface area contributed by atoms with E-state index in [2.05, 4.69) is 20.6 Å². The van der Waals surface area contributed by atoms with Gasteiger partial charge in [0, 0.05) is 25.4 Å². The second-order valence-corrected chi connectivity index (χ2v) is 14.2. The molecule has 2 aromatic heterocycles. The van der Waals surface area contributed by atoms with E-state index in [1.54, 1.807) is 12.1 Å². The molecule has 2 N–H and O–H groups in total. The topological polar surface area (TPSA) is 152 Å². The first-order valence-corrected chi connectivity index (χ1v) is 16.1. The molecule has 4 aromatic rings. The number of benzene rings is 2. The van der Waals surface area contributed by atoms with Crippen LogP contribution in [-0.4, -0.2) is 51.1 Å². The first kappa shape index (κ1) is 26.1. The summed E-state index contributed by atoms with van der Waals surface area (Å²) in [5.74, 6) is -0.490. The maximum Gasteiger partial charge on any atom is 0.226 e. The van der Waals surface area contributed by atoms with Crippen molar-refractivity contribution < 1.29 is 26.4 Å². The Morgan fingerprint density at radius 1 is 0.722 bits per heavy atom. The summed E-state index contributed by atoms with van der Waals surface area (Å²) in [5, 5.41) is 6.19. The van der Waals surface area contributed by atoms with Crippen molar-refractivity contribution in [3.63, 3.8) is 0 Å². The molecule has 4 rings (SSSR count). The van der Waals surface area contributed by atoms with Crippen molar-refractivity contribution >= 4 is 84.9 Å². The summed E-state index contributed by atoms with van der Waals surface area (Å²) < 4.78 is 48.1. The van der Waals surface area contributed by atoms with Crippen LogP contribution >= 0.6 is 22.7 Å². The highest BCUT2D eigenvalue weighted by atomic mass is 32.2. The SMILES string of the molecule is CS(=O)(=O)c1ccc2nc(NC(=O)CCCCC(=O)Nc3nc4ccc(S(C)(=O)=O)cc4s3)sc2c1. The molecular formula is C22H22N4O6S4. The predicted octanol–water partition coefficient (Wildman–Crippen LogP) is 3.85. The maximum absolute atomic E-state index is 12.3. The molecule has 0 fully saturated rings. The van der Waals surface area contributed by atoms with Gasteiger partial charge < -0.3 is 10.6 Å². The lowest BCUT2D eigenvalue weighted by Gasteiger charge is -2.02. The number of nitrogens with one attached hydrogen (secondary N) is 2. The first-order valence-electron chi connectivity index (χ1n) is 10.7. The lowest BCUT2D eigenvalue weighted by Crippen LogP contribution is -2.13. The number of nitrogens with zero attached hydrogens (tertiary/aromatic N) is 2. The van der Waals surface area contributed by atoms with Crippen LogP contribution in [0.25, 0.3) is 20.4 Å². The third kappa shape index (κ3) is 6.43. The molecule has 10 nitrogen and oxygen atoms in total. The van der Waals surface area contributed by atoms with Crippen molar-refractivity contribution in [2.75, 3.05) is 23.1 Å². The van der Waals surface area contributed by atoms with Crippen molar-refractivity contribution in [1.82, 2.24) is 9.97 Å². The molecule has 0 bridgehead atoms. The molecule has 36 heavy (non-hydrogen) atoms. The highest BCUT2D eigenvalue weighted by molar-refractivity contribution is 7.91. The summed E-state index contributed by atoms with van der Waals surface area (Å²) in [6, 6.07) is 9.24. The average Bonchev–Trinajstić information content (AvgIpc) is 3.36. The maximum atomic E-state index is 12.3. The number of hydrogen-bond donors (Lipinski definition) is 2. The highest BCUT2D eigenvalue weighted by Gasteiger charge is 2.14. The predicted molar refractivity (Wildman–Crippen MR) is 141 cm³/mol. The second-order valence-electron chi connectivity index (χ2n) is 8.14. The molecule has 0 unspecified atom stereocenters. The summed E-state index contributed by atoms with van der Waals surface area (Å²) in [6.07, 6.45) is 3.64. The van der Waals surface area contributed by atoms with Crippen molar-refractivity contribution in [1.29, 1.82) is 0 Å².